The molecule has 2 aliphatic heterocycles. The summed E-state index contributed by atoms with van der Waals surface area (Å²) >= 11 is 0. The maximum Gasteiger partial charge on any atom is 0.470 e. The largest absolute Gasteiger partial charge is 0.470 e. The van der Waals surface area contributed by atoms with E-state index in [0.29, 0.717) is 5.56 Å². The predicted octanol–water partition coefficient (Wildman–Crippen LogP) is -1.73. The second-order valence-corrected chi connectivity index (χ2v) is 6.71. The molecule has 0 spiro atoms. The molecule has 3 rings (SSSR count). The molecule has 0 radical (unpaired) electrons. The molecule has 11 nitrogen and oxygen atoms in total. The summed E-state index contributed by atoms with van der Waals surface area (Å²) in [5.74, 6) is 0.0650. The van der Waals surface area contributed by atoms with Crippen molar-refractivity contribution in [1.82, 2.24) is 9.55 Å². The van der Waals surface area contributed by atoms with Crippen molar-refractivity contribution >= 4 is 13.6 Å². The smallest absolute Gasteiger partial charge is 0.393 e. The third-order valence-electron chi connectivity index (χ3n) is 3.94. The van der Waals surface area contributed by atoms with Gasteiger partial charge in [-0.25, -0.2) is 9.36 Å². The number of hydrogen-bond acceptors (Lipinski definition) is 8. The molecule has 0 unspecified atom stereocenters. The van der Waals surface area contributed by atoms with Gasteiger partial charge < -0.3 is 30.1 Å². The van der Waals surface area contributed by atoms with Gasteiger partial charge in [-0.2, -0.15) is 4.98 Å². The van der Waals surface area contributed by atoms with Gasteiger partial charge >= 0.3 is 13.5 Å². The molecule has 2 saturated heterocycles. The lowest BCUT2D eigenvalue weighted by atomic mass is 10.0. The average Bonchev–Trinajstić information content (AvgIpc) is 2.93. The first-order valence-electron chi connectivity index (χ1n) is 6.66. The molecule has 0 saturated carbocycles. The second kappa shape index (κ2) is 5.35. The number of aliphatic hydroxyl groups is 1. The number of anilines is 1. The van der Waals surface area contributed by atoms with E-state index in [1.807, 2.05) is 0 Å². The molecule has 12 heteroatoms. The SMILES string of the molecule is Cc1cn([C@@H]2O[C@@]3(CO)CO[C@@H]2[C@@H]3OP(=O)(O)O)c(=O)nc1N. The second-order valence-electron chi connectivity index (χ2n) is 5.52. The van der Waals surface area contributed by atoms with E-state index in [-0.39, 0.29) is 12.4 Å². The molecule has 1 aromatic heterocycles. The molecule has 1 aromatic rings. The van der Waals surface area contributed by atoms with Gasteiger partial charge in [0.15, 0.2) is 6.23 Å². The van der Waals surface area contributed by atoms with Crippen molar-refractivity contribution in [2.45, 2.75) is 31.0 Å². The fourth-order valence-corrected chi connectivity index (χ4v) is 3.41. The lowest BCUT2D eigenvalue weighted by Gasteiger charge is -2.30. The Balaban J connectivity index is 2.00. The van der Waals surface area contributed by atoms with E-state index in [1.54, 1.807) is 6.92 Å². The summed E-state index contributed by atoms with van der Waals surface area (Å²) in [6, 6.07) is 0. The van der Waals surface area contributed by atoms with Gasteiger partial charge in [0.2, 0.25) is 0 Å². The monoisotopic (exact) mass is 349 g/mol. The van der Waals surface area contributed by atoms with E-state index in [2.05, 4.69) is 4.98 Å². The topological polar surface area (TPSA) is 166 Å². The van der Waals surface area contributed by atoms with E-state index >= 15 is 0 Å². The molecule has 0 amide bonds. The fourth-order valence-electron chi connectivity index (χ4n) is 2.80. The van der Waals surface area contributed by atoms with Crippen molar-refractivity contribution in [1.29, 1.82) is 0 Å². The van der Waals surface area contributed by atoms with Crippen LogP contribution < -0.4 is 11.4 Å². The normalized spacial score (nSPS) is 33.3. The van der Waals surface area contributed by atoms with Crippen LogP contribution in [0.2, 0.25) is 0 Å². The van der Waals surface area contributed by atoms with Gasteiger partial charge in [0.25, 0.3) is 0 Å². The number of rotatable bonds is 4. The summed E-state index contributed by atoms with van der Waals surface area (Å²) in [4.78, 5) is 33.7. The maximum atomic E-state index is 12.0. The number of phosphoric ester groups is 1. The minimum Gasteiger partial charge on any atom is -0.393 e. The Morgan fingerprint density at radius 2 is 2.30 bits per heavy atom. The number of hydrogen-bond donors (Lipinski definition) is 4. The molecule has 23 heavy (non-hydrogen) atoms. The van der Waals surface area contributed by atoms with Gasteiger partial charge in [-0.05, 0) is 6.92 Å². The van der Waals surface area contributed by atoms with Gasteiger partial charge in [-0.1, -0.05) is 0 Å². The standard InChI is InChI=1S/C11H16N3O8P/c1-5-2-14(10(16)13-8(5)12)9-6-7(22-23(17,18)19)11(3-15,21-9)4-20-6/h2,6-7,9,15H,3-4H2,1H3,(H2,12,13,16)(H2,17,18,19)/t6-,7+,9-,11+/m1/s1. The van der Waals surface area contributed by atoms with Crippen molar-refractivity contribution < 1.29 is 33.5 Å². The fraction of sp³-hybridized carbons (Fsp3) is 0.636. The molecular formula is C11H16N3O8P. The quantitative estimate of drug-likeness (QED) is 0.459. The minimum atomic E-state index is -4.85. The highest BCUT2D eigenvalue weighted by Gasteiger charge is 2.64. The van der Waals surface area contributed by atoms with E-state index in [4.69, 9.17) is 29.5 Å². The van der Waals surface area contributed by atoms with Crippen LogP contribution in [0.15, 0.2) is 11.0 Å². The van der Waals surface area contributed by atoms with E-state index < -0.39 is 44.2 Å². The van der Waals surface area contributed by atoms with Crippen LogP contribution >= 0.6 is 7.82 Å². The highest BCUT2D eigenvalue weighted by atomic mass is 31.2. The van der Waals surface area contributed by atoms with Crippen LogP contribution in [0.4, 0.5) is 5.82 Å². The lowest BCUT2D eigenvalue weighted by molar-refractivity contribution is -0.187. The molecule has 5 N–H and O–H groups in total. The summed E-state index contributed by atoms with van der Waals surface area (Å²) in [6.45, 7) is 0.921. The number of phosphoric acid groups is 1. The number of nitrogens with zero attached hydrogens (tertiary/aromatic N) is 2. The lowest BCUT2D eigenvalue weighted by Crippen LogP contribution is -2.45. The molecule has 2 bridgehead atoms. The zero-order valence-corrected chi connectivity index (χ0v) is 12.9. The number of fused-ring (bicyclic) bond motifs is 2. The average molecular weight is 349 g/mol. The summed E-state index contributed by atoms with van der Waals surface area (Å²) in [7, 11) is -4.85. The summed E-state index contributed by atoms with van der Waals surface area (Å²) < 4.78 is 28.1. The molecule has 0 aromatic carbocycles. The van der Waals surface area contributed by atoms with Crippen molar-refractivity contribution in [2.75, 3.05) is 18.9 Å². The summed E-state index contributed by atoms with van der Waals surface area (Å²) in [6.07, 6.45) is -1.87. The highest BCUT2D eigenvalue weighted by Crippen LogP contribution is 2.51. The van der Waals surface area contributed by atoms with Gasteiger partial charge in [0.1, 0.15) is 23.6 Å². The Morgan fingerprint density at radius 1 is 1.61 bits per heavy atom. The van der Waals surface area contributed by atoms with Crippen LogP contribution in [0.3, 0.4) is 0 Å². The first kappa shape index (κ1) is 16.5. The van der Waals surface area contributed by atoms with Gasteiger partial charge in [0.05, 0.1) is 13.2 Å². The summed E-state index contributed by atoms with van der Waals surface area (Å²) in [5.41, 5.74) is 3.90. The Morgan fingerprint density at radius 3 is 2.91 bits per heavy atom. The third kappa shape index (κ3) is 2.70. The zero-order valence-electron chi connectivity index (χ0n) is 12.0. The highest BCUT2D eigenvalue weighted by molar-refractivity contribution is 7.46. The Kier molecular flexibility index (Phi) is 3.84. The van der Waals surface area contributed by atoms with Gasteiger partial charge in [0, 0.05) is 11.8 Å². The number of aliphatic hydroxyl groups excluding tert-OH is 1. The minimum absolute atomic E-state index is 0.0650. The Bertz CT molecular complexity index is 732. The summed E-state index contributed by atoms with van der Waals surface area (Å²) in [5, 5.41) is 9.58. The maximum absolute atomic E-state index is 12.0. The predicted molar refractivity (Wildman–Crippen MR) is 74.2 cm³/mol. The van der Waals surface area contributed by atoms with Crippen molar-refractivity contribution in [3.05, 3.63) is 22.2 Å². The molecule has 0 aliphatic carbocycles. The van der Waals surface area contributed by atoms with Gasteiger partial charge in [-0.3, -0.25) is 9.09 Å². The number of ether oxygens (including phenoxy) is 2. The first-order valence-corrected chi connectivity index (χ1v) is 8.19. The van der Waals surface area contributed by atoms with Crippen LogP contribution in [0.5, 0.6) is 0 Å². The molecule has 3 heterocycles. The number of aryl methyl sites for hydroxylation is 1. The number of nitrogens with two attached hydrogens (primary N) is 1. The van der Waals surface area contributed by atoms with Crippen LogP contribution in [0, 0.1) is 6.92 Å². The molecule has 4 atom stereocenters. The first-order chi connectivity index (χ1) is 10.7. The third-order valence-corrected chi connectivity index (χ3v) is 4.44. The van der Waals surface area contributed by atoms with Crippen LogP contribution in [-0.4, -0.2) is 55.5 Å². The number of aromatic nitrogens is 2. The molecule has 2 aliphatic rings. The van der Waals surface area contributed by atoms with Crippen LogP contribution in [0.1, 0.15) is 11.8 Å². The van der Waals surface area contributed by atoms with E-state index in [9.17, 15) is 14.5 Å². The van der Waals surface area contributed by atoms with Crippen molar-refractivity contribution in [2.24, 2.45) is 0 Å². The number of nitrogen functional groups attached to an aromatic ring is 1. The van der Waals surface area contributed by atoms with Gasteiger partial charge in [-0.15, -0.1) is 0 Å². The van der Waals surface area contributed by atoms with Crippen LogP contribution in [-0.2, 0) is 18.6 Å². The van der Waals surface area contributed by atoms with E-state index in [1.165, 1.54) is 6.20 Å². The van der Waals surface area contributed by atoms with Crippen molar-refractivity contribution in [3.63, 3.8) is 0 Å². The Hall–Kier alpha value is -1.33. The zero-order chi connectivity index (χ0) is 17.0. The molecule has 2 fully saturated rings. The van der Waals surface area contributed by atoms with Crippen LogP contribution in [0.25, 0.3) is 0 Å². The molecular weight excluding hydrogens is 333 g/mol. The van der Waals surface area contributed by atoms with E-state index in [0.717, 1.165) is 4.57 Å². The van der Waals surface area contributed by atoms with Crippen molar-refractivity contribution in [3.8, 4) is 0 Å². The Labute approximate surface area is 129 Å². The molecule has 128 valence electrons.